The summed E-state index contributed by atoms with van der Waals surface area (Å²) in [7, 11) is 1.65. The Morgan fingerprint density at radius 1 is 1.34 bits per heavy atom. The Balaban J connectivity index is 0.00000420. The van der Waals surface area contributed by atoms with E-state index in [1.54, 1.807) is 25.2 Å². The lowest BCUT2D eigenvalue weighted by atomic mass is 10.2. The van der Waals surface area contributed by atoms with Gasteiger partial charge < -0.3 is 25.0 Å². The van der Waals surface area contributed by atoms with Gasteiger partial charge in [-0.3, -0.25) is 4.99 Å². The molecule has 7 nitrogen and oxygen atoms in total. The molecule has 1 aromatic carbocycles. The molecule has 164 valence electrons. The third-order valence-electron chi connectivity index (χ3n) is 4.05. The number of carbonyl (C=O) groups excluding carboxylic acids is 1. The highest BCUT2D eigenvalue weighted by atomic mass is 127. The van der Waals surface area contributed by atoms with Crippen molar-refractivity contribution >= 4 is 36.0 Å². The number of nitrogens with zero attached hydrogens (tertiary/aromatic N) is 2. The van der Waals surface area contributed by atoms with Crippen LogP contribution in [0.4, 0.5) is 13.6 Å². The summed E-state index contributed by atoms with van der Waals surface area (Å²) in [5.74, 6) is 0.756. The number of aliphatic imine (C=N–C) groups is 1. The predicted octanol–water partition coefficient (Wildman–Crippen LogP) is 3.58. The van der Waals surface area contributed by atoms with Crippen molar-refractivity contribution < 1.29 is 23.0 Å². The zero-order valence-electron chi connectivity index (χ0n) is 17.1. The molecule has 0 bridgehead atoms. The van der Waals surface area contributed by atoms with Crippen LogP contribution in [0.3, 0.4) is 0 Å². The van der Waals surface area contributed by atoms with Gasteiger partial charge in [0.05, 0.1) is 6.04 Å². The smallest absolute Gasteiger partial charge is 0.407 e. The molecular weight excluding hydrogens is 497 g/mol. The van der Waals surface area contributed by atoms with Crippen molar-refractivity contribution in [1.29, 1.82) is 0 Å². The van der Waals surface area contributed by atoms with Crippen molar-refractivity contribution in [2.45, 2.75) is 52.0 Å². The van der Waals surface area contributed by atoms with E-state index in [9.17, 15) is 13.6 Å². The molecule has 0 aromatic heterocycles. The Bertz CT molecular complexity index is 698. The largest absolute Gasteiger partial charge is 0.444 e. The average Bonchev–Trinajstić information content (AvgIpc) is 3.02. The van der Waals surface area contributed by atoms with E-state index in [0.29, 0.717) is 24.6 Å². The van der Waals surface area contributed by atoms with Gasteiger partial charge in [0, 0.05) is 32.2 Å². The number of rotatable bonds is 5. The quantitative estimate of drug-likeness (QED) is 0.349. The van der Waals surface area contributed by atoms with Crippen molar-refractivity contribution in [1.82, 2.24) is 15.5 Å². The standard InChI is InChI=1S/C19H28F2N4O3.HI/c1-19(2,3)28-18(26)24-14-9-10-25(12-14)17(22-4)23-11-13-7-5-6-8-15(13)27-16(20)21;/h5-8,14,16H,9-12H2,1-4H3,(H,22,23)(H,24,26);1H. The highest BCUT2D eigenvalue weighted by Crippen LogP contribution is 2.20. The summed E-state index contributed by atoms with van der Waals surface area (Å²) in [6.07, 6.45) is 0.311. The van der Waals surface area contributed by atoms with Gasteiger partial charge in [-0.05, 0) is 33.3 Å². The van der Waals surface area contributed by atoms with Crippen LogP contribution in [-0.2, 0) is 11.3 Å². The van der Waals surface area contributed by atoms with Gasteiger partial charge in [-0.1, -0.05) is 18.2 Å². The van der Waals surface area contributed by atoms with Gasteiger partial charge in [0.2, 0.25) is 0 Å². The minimum atomic E-state index is -2.88. The van der Waals surface area contributed by atoms with Gasteiger partial charge in [0.25, 0.3) is 0 Å². The summed E-state index contributed by atoms with van der Waals surface area (Å²) in [5, 5.41) is 6.02. The van der Waals surface area contributed by atoms with Crippen LogP contribution in [0.25, 0.3) is 0 Å². The monoisotopic (exact) mass is 526 g/mol. The summed E-state index contributed by atoms with van der Waals surface area (Å²) in [6, 6.07) is 6.57. The number of halogens is 3. The highest BCUT2D eigenvalue weighted by molar-refractivity contribution is 14.0. The first-order chi connectivity index (χ1) is 13.2. The second kappa shape index (κ2) is 11.4. The van der Waals surface area contributed by atoms with Crippen molar-refractivity contribution in [3.63, 3.8) is 0 Å². The Hall–Kier alpha value is -1.85. The molecule has 1 atom stereocenters. The van der Waals surface area contributed by atoms with Crippen molar-refractivity contribution in [3.8, 4) is 5.75 Å². The number of hydrogen-bond acceptors (Lipinski definition) is 4. The van der Waals surface area contributed by atoms with E-state index < -0.39 is 18.3 Å². The predicted molar refractivity (Wildman–Crippen MR) is 118 cm³/mol. The molecular formula is C19H29F2IN4O3. The van der Waals surface area contributed by atoms with E-state index >= 15 is 0 Å². The number of guanidine groups is 1. The molecule has 1 fully saturated rings. The lowest BCUT2D eigenvalue weighted by Gasteiger charge is -2.23. The van der Waals surface area contributed by atoms with E-state index in [2.05, 4.69) is 20.4 Å². The molecule has 0 aliphatic carbocycles. The zero-order chi connectivity index (χ0) is 20.7. The lowest BCUT2D eigenvalue weighted by Crippen LogP contribution is -2.44. The number of para-hydroxylation sites is 1. The minimum Gasteiger partial charge on any atom is -0.444 e. The Kier molecular flexibility index (Phi) is 9.87. The van der Waals surface area contributed by atoms with Gasteiger partial charge in [0.15, 0.2) is 5.96 Å². The van der Waals surface area contributed by atoms with Crippen LogP contribution >= 0.6 is 24.0 Å². The number of likely N-dealkylation sites (tertiary alicyclic amines) is 1. The Morgan fingerprint density at radius 3 is 2.66 bits per heavy atom. The van der Waals surface area contributed by atoms with Crippen LogP contribution in [0.2, 0.25) is 0 Å². The van der Waals surface area contributed by atoms with Gasteiger partial charge in [0.1, 0.15) is 11.4 Å². The molecule has 29 heavy (non-hydrogen) atoms. The molecule has 10 heteroatoms. The maximum atomic E-state index is 12.5. The zero-order valence-corrected chi connectivity index (χ0v) is 19.4. The maximum absolute atomic E-state index is 12.5. The fourth-order valence-electron chi connectivity index (χ4n) is 2.91. The van der Waals surface area contributed by atoms with Gasteiger partial charge >= 0.3 is 12.7 Å². The van der Waals surface area contributed by atoms with E-state index in [1.165, 1.54) is 6.07 Å². The molecule has 1 unspecified atom stereocenters. The maximum Gasteiger partial charge on any atom is 0.407 e. The first-order valence-electron chi connectivity index (χ1n) is 9.16. The highest BCUT2D eigenvalue weighted by Gasteiger charge is 2.28. The summed E-state index contributed by atoms with van der Waals surface area (Å²) >= 11 is 0. The van der Waals surface area contributed by atoms with Gasteiger partial charge in [-0.2, -0.15) is 8.78 Å². The Morgan fingerprint density at radius 2 is 2.03 bits per heavy atom. The van der Waals surface area contributed by atoms with Crippen LogP contribution in [0.5, 0.6) is 5.75 Å². The molecule has 1 aliphatic heterocycles. The summed E-state index contributed by atoms with van der Waals surface area (Å²) in [4.78, 5) is 18.2. The first kappa shape index (κ1) is 25.2. The Labute approximate surface area is 187 Å². The molecule has 1 aromatic rings. The minimum absolute atomic E-state index is 0. The summed E-state index contributed by atoms with van der Waals surface area (Å²) in [5.41, 5.74) is 0.0554. The van der Waals surface area contributed by atoms with Crippen LogP contribution in [0, 0.1) is 0 Å². The van der Waals surface area contributed by atoms with Gasteiger partial charge in [-0.15, -0.1) is 24.0 Å². The average molecular weight is 526 g/mol. The molecule has 1 heterocycles. The lowest BCUT2D eigenvalue weighted by molar-refractivity contribution is -0.0504. The molecule has 1 amide bonds. The van der Waals surface area contributed by atoms with E-state index in [0.717, 1.165) is 6.42 Å². The van der Waals surface area contributed by atoms with Gasteiger partial charge in [-0.25, -0.2) is 4.79 Å². The second-order valence-electron chi connectivity index (χ2n) is 7.46. The third kappa shape index (κ3) is 8.58. The summed E-state index contributed by atoms with van der Waals surface area (Å²) in [6.45, 7) is 4.14. The SMILES string of the molecule is CN=C(NCc1ccccc1OC(F)F)N1CCC(NC(=O)OC(C)(C)C)C1.I. The first-order valence-corrected chi connectivity index (χ1v) is 9.16. The van der Waals surface area contributed by atoms with Crippen LogP contribution in [0.15, 0.2) is 29.3 Å². The number of amides is 1. The van der Waals surface area contributed by atoms with E-state index in [1.807, 2.05) is 25.7 Å². The molecule has 0 spiro atoms. The summed E-state index contributed by atoms with van der Waals surface area (Å²) < 4.78 is 34.9. The fourth-order valence-corrected chi connectivity index (χ4v) is 2.91. The molecule has 0 radical (unpaired) electrons. The van der Waals surface area contributed by atoms with Crippen LogP contribution in [-0.4, -0.2) is 55.3 Å². The molecule has 2 N–H and O–H groups in total. The van der Waals surface area contributed by atoms with Crippen LogP contribution < -0.4 is 15.4 Å². The van der Waals surface area contributed by atoms with Crippen molar-refractivity contribution in [3.05, 3.63) is 29.8 Å². The number of carbonyl (C=O) groups is 1. The van der Waals surface area contributed by atoms with E-state index in [4.69, 9.17) is 4.74 Å². The number of hydrogen-bond donors (Lipinski definition) is 2. The normalized spacial score (nSPS) is 17.0. The molecule has 1 saturated heterocycles. The van der Waals surface area contributed by atoms with Crippen LogP contribution in [0.1, 0.15) is 32.8 Å². The van der Waals surface area contributed by atoms with Crippen molar-refractivity contribution in [2.75, 3.05) is 20.1 Å². The molecule has 1 aliphatic rings. The molecule has 2 rings (SSSR count). The number of alkyl carbamates (subject to hydrolysis) is 1. The topological polar surface area (TPSA) is 75.2 Å². The number of nitrogens with one attached hydrogen (secondary N) is 2. The molecule has 0 saturated carbocycles. The number of alkyl halides is 2. The number of ether oxygens (including phenoxy) is 2. The number of benzene rings is 1. The second-order valence-corrected chi connectivity index (χ2v) is 7.46. The van der Waals surface area contributed by atoms with Crippen molar-refractivity contribution in [2.24, 2.45) is 4.99 Å². The van der Waals surface area contributed by atoms with E-state index in [-0.39, 0.29) is 42.3 Å². The third-order valence-corrected chi connectivity index (χ3v) is 4.05. The fraction of sp³-hybridized carbons (Fsp3) is 0.579.